The maximum absolute atomic E-state index is 12.5. The monoisotopic (exact) mass is 339 g/mol. The molecule has 0 aliphatic heterocycles. The summed E-state index contributed by atoms with van der Waals surface area (Å²) < 4.78 is 22.7. The van der Waals surface area contributed by atoms with E-state index < -0.39 is 18.8 Å². The zero-order valence-corrected chi connectivity index (χ0v) is 15.4. The first-order valence-corrected chi connectivity index (χ1v) is 9.18. The summed E-state index contributed by atoms with van der Waals surface area (Å²) in [5, 5.41) is 2.77. The number of amides is 1. The van der Waals surface area contributed by atoms with E-state index in [0.29, 0.717) is 0 Å². The second-order valence-electron chi connectivity index (χ2n) is 5.75. The van der Waals surface area contributed by atoms with Gasteiger partial charge < -0.3 is 14.4 Å². The van der Waals surface area contributed by atoms with E-state index in [0.717, 1.165) is 16.7 Å². The lowest BCUT2D eigenvalue weighted by atomic mass is 9.92. The Hall–Kier alpha value is -1.42. The van der Waals surface area contributed by atoms with Crippen molar-refractivity contribution < 1.29 is 18.4 Å². The molecule has 1 aromatic carbocycles. The van der Waals surface area contributed by atoms with Crippen molar-refractivity contribution in [1.29, 1.82) is 0 Å². The van der Waals surface area contributed by atoms with Gasteiger partial charge in [0.1, 0.15) is 0 Å². The Labute approximate surface area is 138 Å². The molecule has 6 heteroatoms. The number of nitrogens with one attached hydrogen (secondary N) is 1. The van der Waals surface area contributed by atoms with Crippen LogP contribution in [0.3, 0.4) is 0 Å². The topological polar surface area (TPSA) is 64.6 Å². The third kappa shape index (κ3) is 5.03. The average Bonchev–Trinajstić information content (AvgIpc) is 2.47. The lowest BCUT2D eigenvalue weighted by Crippen LogP contribution is -2.40. The number of benzene rings is 1. The van der Waals surface area contributed by atoms with Crippen LogP contribution in [-0.4, -0.2) is 18.9 Å². The number of hydrogen-bond acceptors (Lipinski definition) is 4. The molecule has 5 nitrogen and oxygen atoms in total. The Morgan fingerprint density at radius 1 is 1.26 bits per heavy atom. The van der Waals surface area contributed by atoms with E-state index >= 15 is 0 Å². The predicted octanol–water partition coefficient (Wildman–Crippen LogP) is 4.93. The molecule has 0 spiro atoms. The van der Waals surface area contributed by atoms with Gasteiger partial charge in [-0.15, -0.1) is 0 Å². The Kier molecular flexibility index (Phi) is 6.75. The first-order chi connectivity index (χ1) is 10.7. The van der Waals surface area contributed by atoms with Gasteiger partial charge in [-0.2, -0.15) is 0 Å². The maximum atomic E-state index is 12.5. The minimum absolute atomic E-state index is 0.135. The minimum atomic E-state index is -3.83. The molecule has 0 aliphatic carbocycles. The van der Waals surface area contributed by atoms with Crippen LogP contribution in [0.25, 0.3) is 5.57 Å². The lowest BCUT2D eigenvalue weighted by molar-refractivity contribution is 0.202. The first-order valence-electron chi connectivity index (χ1n) is 7.64. The van der Waals surface area contributed by atoms with Crippen LogP contribution >= 0.6 is 7.60 Å². The van der Waals surface area contributed by atoms with E-state index in [1.54, 1.807) is 13.8 Å². The second-order valence-corrected chi connectivity index (χ2v) is 7.67. The maximum Gasteiger partial charge on any atom is 0.418 e. The number of rotatable bonds is 8. The van der Waals surface area contributed by atoms with Gasteiger partial charge >= 0.3 is 13.2 Å². The van der Waals surface area contributed by atoms with E-state index in [2.05, 4.69) is 11.9 Å². The molecule has 1 aromatic rings. The highest BCUT2D eigenvalue weighted by atomic mass is 31.2. The summed E-state index contributed by atoms with van der Waals surface area (Å²) in [5.74, 6) is 0. The van der Waals surface area contributed by atoms with E-state index in [-0.39, 0.29) is 13.2 Å². The largest absolute Gasteiger partial charge is 0.418 e. The summed E-state index contributed by atoms with van der Waals surface area (Å²) in [7, 11) is -3.83. The van der Waals surface area contributed by atoms with Crippen LogP contribution in [0.5, 0.6) is 0 Å². The number of carbonyl (C=O) groups excluding carboxylic acids is 1. The molecule has 23 heavy (non-hydrogen) atoms. The Morgan fingerprint density at radius 2 is 1.83 bits per heavy atom. The molecule has 128 valence electrons. The minimum Gasteiger partial charge on any atom is -0.337 e. The molecule has 0 saturated carbocycles. The Bertz CT molecular complexity index is 615. The Balaban J connectivity index is 3.05. The molecular formula is C17H26NO4P. The smallest absolute Gasteiger partial charge is 0.337 e. The molecule has 1 N–H and O–H groups in total. The van der Waals surface area contributed by atoms with Crippen molar-refractivity contribution in [3.63, 3.8) is 0 Å². The summed E-state index contributed by atoms with van der Waals surface area (Å²) in [6.07, 6.45) is 0. The van der Waals surface area contributed by atoms with Gasteiger partial charge in [0.25, 0.3) is 0 Å². The van der Waals surface area contributed by atoms with Gasteiger partial charge in [-0.1, -0.05) is 30.4 Å². The van der Waals surface area contributed by atoms with E-state index in [1.807, 2.05) is 45.0 Å². The third-order valence-electron chi connectivity index (χ3n) is 3.34. The molecular weight excluding hydrogens is 313 g/mol. The van der Waals surface area contributed by atoms with Gasteiger partial charge in [-0.3, -0.25) is 4.79 Å². The van der Waals surface area contributed by atoms with Crippen molar-refractivity contribution in [3.05, 3.63) is 42.0 Å². The van der Waals surface area contributed by atoms with Crippen LogP contribution < -0.4 is 5.32 Å². The fraction of sp³-hybridized carbons (Fsp3) is 0.471. The fourth-order valence-electron chi connectivity index (χ4n) is 2.08. The molecule has 0 atom stereocenters. The highest BCUT2D eigenvalue weighted by Crippen LogP contribution is 2.49. The number of allylic oxidation sites excluding steroid dienone is 1. The molecule has 0 unspecified atom stereocenters. The Morgan fingerprint density at radius 3 is 2.30 bits per heavy atom. The van der Waals surface area contributed by atoms with Crippen LogP contribution in [0.2, 0.25) is 0 Å². The molecule has 0 aliphatic rings. The van der Waals surface area contributed by atoms with Crippen LogP contribution in [0, 0.1) is 0 Å². The third-order valence-corrected chi connectivity index (χ3v) is 5.15. The standard InChI is InChI=1S/C17H26NO4P/c1-7-21-23(20,22-8-2)16(19)18-17(5,6)15-11-9-10-14(12-15)13(3)4/h9-12H,3,7-8H2,1-2,4-6H3,(H,18,19). The van der Waals surface area contributed by atoms with Gasteiger partial charge in [0, 0.05) is 0 Å². The van der Waals surface area contributed by atoms with E-state index in [9.17, 15) is 9.36 Å². The molecule has 1 rings (SSSR count). The zero-order valence-electron chi connectivity index (χ0n) is 14.5. The van der Waals surface area contributed by atoms with Gasteiger partial charge in [0.15, 0.2) is 0 Å². The fourth-order valence-corrected chi connectivity index (χ4v) is 3.48. The highest BCUT2D eigenvalue weighted by Gasteiger charge is 2.38. The van der Waals surface area contributed by atoms with Crippen molar-refractivity contribution in [2.45, 2.75) is 40.2 Å². The summed E-state index contributed by atoms with van der Waals surface area (Å²) in [6, 6.07) is 7.71. The number of carbonyl (C=O) groups is 1. The molecule has 0 saturated heterocycles. The summed E-state index contributed by atoms with van der Waals surface area (Å²) in [5.41, 5.74) is 1.34. The molecule has 0 bridgehead atoms. The summed E-state index contributed by atoms with van der Waals surface area (Å²) in [4.78, 5) is 12.4. The normalized spacial score (nSPS) is 12.0. The van der Waals surface area contributed by atoms with Crippen LogP contribution in [0.15, 0.2) is 30.8 Å². The van der Waals surface area contributed by atoms with E-state index in [1.165, 1.54) is 0 Å². The van der Waals surface area contributed by atoms with Gasteiger partial charge in [-0.05, 0) is 51.8 Å². The molecule has 0 heterocycles. The summed E-state index contributed by atoms with van der Waals surface area (Å²) >= 11 is 0. The first kappa shape index (κ1) is 19.6. The SMILES string of the molecule is C=C(C)c1cccc(C(C)(C)NC(=O)P(=O)(OCC)OCC)c1. The van der Waals surface area contributed by atoms with Crippen molar-refractivity contribution in [2.75, 3.05) is 13.2 Å². The van der Waals surface area contributed by atoms with Gasteiger partial charge in [0.2, 0.25) is 0 Å². The van der Waals surface area contributed by atoms with Crippen LogP contribution in [0.1, 0.15) is 45.7 Å². The molecule has 0 radical (unpaired) electrons. The van der Waals surface area contributed by atoms with Gasteiger partial charge in [0.05, 0.1) is 18.8 Å². The van der Waals surface area contributed by atoms with Crippen molar-refractivity contribution in [2.24, 2.45) is 0 Å². The van der Waals surface area contributed by atoms with Crippen LogP contribution in [-0.2, 0) is 19.2 Å². The zero-order chi connectivity index (χ0) is 17.7. The van der Waals surface area contributed by atoms with Crippen molar-refractivity contribution in [3.8, 4) is 0 Å². The molecule has 0 fully saturated rings. The van der Waals surface area contributed by atoms with Crippen molar-refractivity contribution in [1.82, 2.24) is 5.32 Å². The molecule has 1 amide bonds. The van der Waals surface area contributed by atoms with Gasteiger partial charge in [-0.25, -0.2) is 4.57 Å². The van der Waals surface area contributed by atoms with Crippen LogP contribution in [0.4, 0.5) is 4.79 Å². The quantitative estimate of drug-likeness (QED) is 0.682. The van der Waals surface area contributed by atoms with E-state index in [4.69, 9.17) is 9.05 Å². The number of hydrogen-bond donors (Lipinski definition) is 1. The summed E-state index contributed by atoms with van der Waals surface area (Å²) in [6.45, 7) is 13.1. The second kappa shape index (κ2) is 7.91. The lowest BCUT2D eigenvalue weighted by Gasteiger charge is -2.29. The predicted molar refractivity (Wildman–Crippen MR) is 93.6 cm³/mol. The molecule has 0 aromatic heterocycles. The average molecular weight is 339 g/mol. The van der Waals surface area contributed by atoms with Crippen molar-refractivity contribution >= 4 is 18.8 Å². The highest BCUT2D eigenvalue weighted by molar-refractivity contribution is 7.71.